The van der Waals surface area contributed by atoms with Gasteiger partial charge in [-0.25, -0.2) is 0 Å². The fourth-order valence-electron chi connectivity index (χ4n) is 2.93. The standard InChI is InChI=1S/C25H26O4S.CH3N/c1-30-24-13-6-20(7-14-24)16-17-28-22-11-4-21(5-12-22)18-29-23-9-2-19(3-10-23)8-15-25(26)27;1-2/h2-7,9-14H,8,15-18H2,1H3,(H,26,27);2H,1H2. The molecule has 3 aromatic rings. The van der Waals surface area contributed by atoms with Gasteiger partial charge in [0.25, 0.3) is 0 Å². The van der Waals surface area contributed by atoms with E-state index in [1.165, 1.54) is 10.5 Å². The number of aryl methyl sites for hydroxylation is 1. The average molecular weight is 452 g/mol. The van der Waals surface area contributed by atoms with Crippen LogP contribution in [-0.4, -0.2) is 30.7 Å². The Labute approximate surface area is 193 Å². The van der Waals surface area contributed by atoms with Crippen molar-refractivity contribution in [3.05, 3.63) is 89.5 Å². The summed E-state index contributed by atoms with van der Waals surface area (Å²) in [4.78, 5) is 11.9. The van der Waals surface area contributed by atoms with Crippen LogP contribution in [0.3, 0.4) is 0 Å². The summed E-state index contributed by atoms with van der Waals surface area (Å²) >= 11 is 1.74. The number of hydrogen-bond acceptors (Lipinski definition) is 5. The van der Waals surface area contributed by atoms with E-state index < -0.39 is 5.97 Å². The Balaban J connectivity index is 0.00000176. The molecule has 0 aliphatic heterocycles. The predicted octanol–water partition coefficient (Wildman–Crippen LogP) is 5.89. The van der Waals surface area contributed by atoms with Crippen LogP contribution < -0.4 is 9.47 Å². The number of ether oxygens (including phenoxy) is 2. The molecule has 0 saturated carbocycles. The fourth-order valence-corrected chi connectivity index (χ4v) is 3.34. The van der Waals surface area contributed by atoms with Crippen LogP contribution in [0.2, 0.25) is 0 Å². The van der Waals surface area contributed by atoms with Crippen LogP contribution in [0.25, 0.3) is 0 Å². The highest BCUT2D eigenvalue weighted by Gasteiger charge is 2.02. The summed E-state index contributed by atoms with van der Waals surface area (Å²) in [6, 6.07) is 24.1. The largest absolute Gasteiger partial charge is 0.493 e. The molecule has 168 valence electrons. The summed E-state index contributed by atoms with van der Waals surface area (Å²) in [6.07, 6.45) is 3.62. The normalized spacial score (nSPS) is 10.0. The van der Waals surface area contributed by atoms with Crippen molar-refractivity contribution in [2.75, 3.05) is 12.9 Å². The van der Waals surface area contributed by atoms with E-state index in [2.05, 4.69) is 37.2 Å². The molecule has 0 unspecified atom stereocenters. The van der Waals surface area contributed by atoms with E-state index in [1.807, 2.05) is 48.5 Å². The molecule has 0 aliphatic rings. The minimum Gasteiger partial charge on any atom is -0.493 e. The summed E-state index contributed by atoms with van der Waals surface area (Å²) in [5.41, 5.74) is 3.32. The Bertz CT molecular complexity index is 941. The minimum atomic E-state index is -0.785. The maximum atomic E-state index is 10.6. The minimum absolute atomic E-state index is 0.138. The second-order valence-electron chi connectivity index (χ2n) is 6.92. The first kappa shape index (κ1) is 25.0. The molecule has 0 heterocycles. The molecule has 0 atom stereocenters. The summed E-state index contributed by atoms with van der Waals surface area (Å²) in [5, 5.41) is 14.2. The number of hydrogen-bond donors (Lipinski definition) is 2. The van der Waals surface area contributed by atoms with Crippen molar-refractivity contribution < 1.29 is 19.4 Å². The van der Waals surface area contributed by atoms with Gasteiger partial charge >= 0.3 is 5.97 Å². The SMILES string of the molecule is C=N.CSc1ccc(CCOc2ccc(COc3ccc(CCC(=O)O)cc3)cc2)cc1. The molecule has 0 bridgehead atoms. The van der Waals surface area contributed by atoms with Crippen LogP contribution in [0.1, 0.15) is 23.1 Å². The van der Waals surface area contributed by atoms with Gasteiger partial charge in [0, 0.05) is 17.7 Å². The van der Waals surface area contributed by atoms with E-state index in [1.54, 1.807) is 11.8 Å². The van der Waals surface area contributed by atoms with Gasteiger partial charge in [-0.2, -0.15) is 0 Å². The molecular formula is C26H29NO4S. The molecule has 2 N–H and O–H groups in total. The summed E-state index contributed by atoms with van der Waals surface area (Å²) in [7, 11) is 0. The quantitative estimate of drug-likeness (QED) is 0.281. The lowest BCUT2D eigenvalue weighted by atomic mass is 10.1. The van der Waals surface area contributed by atoms with Gasteiger partial charge in [-0.3, -0.25) is 4.79 Å². The first-order valence-corrected chi connectivity index (χ1v) is 11.5. The topological polar surface area (TPSA) is 79.6 Å². The van der Waals surface area contributed by atoms with E-state index in [0.29, 0.717) is 19.6 Å². The molecule has 0 spiro atoms. The van der Waals surface area contributed by atoms with Crippen LogP contribution in [-0.2, 0) is 24.2 Å². The molecule has 0 saturated heterocycles. The number of carboxylic acids is 1. The first-order valence-electron chi connectivity index (χ1n) is 10.3. The van der Waals surface area contributed by atoms with Crippen LogP contribution in [0.5, 0.6) is 11.5 Å². The molecule has 3 aromatic carbocycles. The highest BCUT2D eigenvalue weighted by Crippen LogP contribution is 2.18. The van der Waals surface area contributed by atoms with Gasteiger partial charge in [0.2, 0.25) is 0 Å². The Kier molecular flexibility index (Phi) is 10.9. The second kappa shape index (κ2) is 13.9. The Morgan fingerprint density at radius 3 is 1.88 bits per heavy atom. The molecule has 0 aliphatic carbocycles. The molecule has 6 heteroatoms. The number of benzene rings is 3. The van der Waals surface area contributed by atoms with Crippen LogP contribution >= 0.6 is 11.8 Å². The molecular weight excluding hydrogens is 422 g/mol. The lowest BCUT2D eigenvalue weighted by molar-refractivity contribution is -0.136. The predicted molar refractivity (Wildman–Crippen MR) is 130 cm³/mol. The number of nitrogens with one attached hydrogen (secondary N) is 1. The van der Waals surface area contributed by atoms with Crippen molar-refractivity contribution in [2.24, 2.45) is 0 Å². The third-order valence-electron chi connectivity index (χ3n) is 4.70. The van der Waals surface area contributed by atoms with Gasteiger partial charge in [0.15, 0.2) is 0 Å². The second-order valence-corrected chi connectivity index (χ2v) is 7.80. The van der Waals surface area contributed by atoms with E-state index >= 15 is 0 Å². The fraction of sp³-hybridized carbons (Fsp3) is 0.231. The monoisotopic (exact) mass is 451 g/mol. The Hall–Kier alpha value is -3.25. The van der Waals surface area contributed by atoms with E-state index in [-0.39, 0.29) is 6.42 Å². The van der Waals surface area contributed by atoms with Crippen LogP contribution in [0.4, 0.5) is 0 Å². The van der Waals surface area contributed by atoms with Crippen molar-refractivity contribution in [2.45, 2.75) is 30.8 Å². The molecule has 0 amide bonds. The summed E-state index contributed by atoms with van der Waals surface area (Å²) in [6.45, 7) is 3.61. The molecule has 32 heavy (non-hydrogen) atoms. The number of rotatable bonds is 11. The molecule has 0 fully saturated rings. The van der Waals surface area contributed by atoms with Crippen molar-refractivity contribution in [3.63, 3.8) is 0 Å². The first-order chi connectivity index (χ1) is 15.6. The zero-order valence-corrected chi connectivity index (χ0v) is 19.1. The van der Waals surface area contributed by atoms with Gasteiger partial charge in [-0.1, -0.05) is 36.4 Å². The molecule has 5 nitrogen and oxygen atoms in total. The van der Waals surface area contributed by atoms with Gasteiger partial charge in [-0.15, -0.1) is 11.8 Å². The highest BCUT2D eigenvalue weighted by atomic mass is 32.2. The van der Waals surface area contributed by atoms with Gasteiger partial charge < -0.3 is 20.0 Å². The maximum Gasteiger partial charge on any atom is 0.303 e. The third kappa shape index (κ3) is 8.86. The maximum absolute atomic E-state index is 10.6. The van der Waals surface area contributed by atoms with Gasteiger partial charge in [0.05, 0.1) is 6.61 Å². The van der Waals surface area contributed by atoms with Crippen molar-refractivity contribution in [1.82, 2.24) is 0 Å². The Morgan fingerprint density at radius 2 is 1.31 bits per heavy atom. The van der Waals surface area contributed by atoms with Gasteiger partial charge in [-0.05, 0) is 72.5 Å². The van der Waals surface area contributed by atoms with Gasteiger partial charge in [0.1, 0.15) is 18.1 Å². The third-order valence-corrected chi connectivity index (χ3v) is 5.44. The van der Waals surface area contributed by atoms with Crippen LogP contribution in [0.15, 0.2) is 77.7 Å². The molecule has 0 radical (unpaired) electrons. The lowest BCUT2D eigenvalue weighted by Gasteiger charge is -2.09. The van der Waals surface area contributed by atoms with Crippen molar-refractivity contribution >= 4 is 24.4 Å². The highest BCUT2D eigenvalue weighted by molar-refractivity contribution is 7.98. The zero-order valence-electron chi connectivity index (χ0n) is 18.3. The van der Waals surface area contributed by atoms with E-state index in [0.717, 1.165) is 29.0 Å². The van der Waals surface area contributed by atoms with Crippen molar-refractivity contribution in [1.29, 1.82) is 5.41 Å². The summed E-state index contributed by atoms with van der Waals surface area (Å²) < 4.78 is 11.7. The smallest absolute Gasteiger partial charge is 0.303 e. The summed E-state index contributed by atoms with van der Waals surface area (Å²) in [5.74, 6) is 0.830. The number of thioether (sulfide) groups is 1. The van der Waals surface area contributed by atoms with E-state index in [4.69, 9.17) is 20.0 Å². The number of carbonyl (C=O) groups is 1. The van der Waals surface area contributed by atoms with E-state index in [9.17, 15) is 4.79 Å². The zero-order chi connectivity index (χ0) is 23.2. The average Bonchev–Trinajstić information content (AvgIpc) is 2.84. The van der Waals surface area contributed by atoms with Crippen molar-refractivity contribution in [3.8, 4) is 11.5 Å². The van der Waals surface area contributed by atoms with Crippen LogP contribution in [0, 0.1) is 5.41 Å². The lowest BCUT2D eigenvalue weighted by Crippen LogP contribution is -2.02. The molecule has 0 aromatic heterocycles. The molecule has 3 rings (SSSR count). The number of aliphatic carboxylic acids is 1. The Morgan fingerprint density at radius 1 is 0.812 bits per heavy atom. The number of carboxylic acid groups (broad SMARTS) is 1.